The number of ether oxygens (including phenoxy) is 1. The van der Waals surface area contributed by atoms with Crippen molar-refractivity contribution in [3.63, 3.8) is 0 Å². The zero-order valence-corrected chi connectivity index (χ0v) is 8.61. The molecule has 88 valence electrons. The van der Waals surface area contributed by atoms with Gasteiger partial charge in [0.05, 0.1) is 6.04 Å². The van der Waals surface area contributed by atoms with Crippen molar-refractivity contribution in [1.82, 2.24) is 0 Å². The summed E-state index contributed by atoms with van der Waals surface area (Å²) in [7, 11) is 0. The number of carbonyl (C=O) groups excluding carboxylic acids is 1. The Kier molecular flexibility index (Phi) is 4.19. The average Bonchev–Trinajstić information content (AvgIpc) is 2.16. The quantitative estimate of drug-likeness (QED) is 0.825. The number of carbonyl (C=O) groups is 1. The van der Waals surface area contributed by atoms with Crippen LogP contribution in [0.5, 0.6) is 5.75 Å². The van der Waals surface area contributed by atoms with Crippen LogP contribution >= 0.6 is 0 Å². The number of halogens is 2. The Balaban J connectivity index is 2.71. The molecular formula is C10H12F2N2O2. The lowest BCUT2D eigenvalue weighted by Gasteiger charge is -2.09. The van der Waals surface area contributed by atoms with E-state index in [1.807, 2.05) is 0 Å². The van der Waals surface area contributed by atoms with E-state index in [-0.39, 0.29) is 5.75 Å². The normalized spacial score (nSPS) is 12.3. The van der Waals surface area contributed by atoms with Crippen LogP contribution in [0.1, 0.15) is 6.92 Å². The first-order valence-electron chi connectivity index (χ1n) is 4.60. The van der Waals surface area contributed by atoms with Gasteiger partial charge in [0.25, 0.3) is 0 Å². The summed E-state index contributed by atoms with van der Waals surface area (Å²) in [6.45, 7) is -1.37. The van der Waals surface area contributed by atoms with Crippen LogP contribution in [0, 0.1) is 0 Å². The predicted octanol–water partition coefficient (Wildman–Crippen LogP) is 1.57. The monoisotopic (exact) mass is 230 g/mol. The van der Waals surface area contributed by atoms with E-state index in [1.165, 1.54) is 25.1 Å². The number of anilines is 1. The van der Waals surface area contributed by atoms with Crippen molar-refractivity contribution >= 4 is 11.6 Å². The summed E-state index contributed by atoms with van der Waals surface area (Å²) < 4.78 is 28.0. The van der Waals surface area contributed by atoms with Crippen LogP contribution in [0.25, 0.3) is 0 Å². The number of benzene rings is 1. The van der Waals surface area contributed by atoms with Crippen LogP contribution in [0.3, 0.4) is 0 Å². The third-order valence-electron chi connectivity index (χ3n) is 1.74. The lowest BCUT2D eigenvalue weighted by atomic mass is 10.2. The summed E-state index contributed by atoms with van der Waals surface area (Å²) in [4.78, 5) is 11.2. The molecule has 0 radical (unpaired) electrons. The second-order valence-electron chi connectivity index (χ2n) is 3.18. The Hall–Kier alpha value is -1.69. The Morgan fingerprint density at radius 2 is 2.19 bits per heavy atom. The first kappa shape index (κ1) is 12.4. The number of hydrogen-bond acceptors (Lipinski definition) is 3. The number of hydrogen-bond donors (Lipinski definition) is 2. The van der Waals surface area contributed by atoms with Crippen LogP contribution in [0.4, 0.5) is 14.5 Å². The van der Waals surface area contributed by atoms with Gasteiger partial charge in [-0.25, -0.2) is 0 Å². The largest absolute Gasteiger partial charge is 0.435 e. The molecule has 0 aliphatic rings. The molecule has 0 heterocycles. The Bertz CT molecular complexity index is 370. The molecule has 0 saturated heterocycles. The molecular weight excluding hydrogens is 218 g/mol. The van der Waals surface area contributed by atoms with Crippen LogP contribution in [-0.2, 0) is 4.79 Å². The Morgan fingerprint density at radius 1 is 1.50 bits per heavy atom. The van der Waals surface area contributed by atoms with Gasteiger partial charge in [0.1, 0.15) is 5.75 Å². The van der Waals surface area contributed by atoms with Crippen molar-refractivity contribution in [3.8, 4) is 5.75 Å². The van der Waals surface area contributed by atoms with E-state index < -0.39 is 18.6 Å². The lowest BCUT2D eigenvalue weighted by molar-refractivity contribution is -0.117. The van der Waals surface area contributed by atoms with Crippen LogP contribution in [-0.4, -0.2) is 18.6 Å². The minimum Gasteiger partial charge on any atom is -0.435 e. The molecule has 1 aromatic carbocycles. The molecule has 0 aliphatic carbocycles. The highest BCUT2D eigenvalue weighted by Crippen LogP contribution is 2.19. The minimum absolute atomic E-state index is 0.0162. The highest BCUT2D eigenvalue weighted by atomic mass is 19.3. The van der Waals surface area contributed by atoms with E-state index in [1.54, 1.807) is 6.07 Å². The van der Waals surface area contributed by atoms with Gasteiger partial charge < -0.3 is 15.8 Å². The molecule has 6 heteroatoms. The fourth-order valence-electron chi connectivity index (χ4n) is 1.01. The fraction of sp³-hybridized carbons (Fsp3) is 0.300. The lowest BCUT2D eigenvalue weighted by Crippen LogP contribution is -2.32. The maximum absolute atomic E-state index is 11.9. The van der Waals surface area contributed by atoms with Gasteiger partial charge >= 0.3 is 6.61 Å². The Labute approximate surface area is 91.4 Å². The highest BCUT2D eigenvalue weighted by molar-refractivity contribution is 5.94. The molecule has 1 aromatic rings. The van der Waals surface area contributed by atoms with Crippen LogP contribution in [0.2, 0.25) is 0 Å². The van der Waals surface area contributed by atoms with Crippen molar-refractivity contribution < 1.29 is 18.3 Å². The van der Waals surface area contributed by atoms with E-state index in [2.05, 4.69) is 10.1 Å². The van der Waals surface area contributed by atoms with Gasteiger partial charge in [-0.05, 0) is 19.1 Å². The molecule has 1 amide bonds. The zero-order valence-electron chi connectivity index (χ0n) is 8.61. The second-order valence-corrected chi connectivity index (χ2v) is 3.18. The molecule has 3 N–H and O–H groups in total. The summed E-state index contributed by atoms with van der Waals surface area (Å²) >= 11 is 0. The molecule has 0 fully saturated rings. The molecule has 0 saturated carbocycles. The molecule has 0 bridgehead atoms. The highest BCUT2D eigenvalue weighted by Gasteiger charge is 2.09. The van der Waals surface area contributed by atoms with E-state index in [0.717, 1.165) is 0 Å². The van der Waals surface area contributed by atoms with Gasteiger partial charge in [0.2, 0.25) is 5.91 Å². The number of alkyl halides is 2. The van der Waals surface area contributed by atoms with Gasteiger partial charge in [-0.1, -0.05) is 6.07 Å². The van der Waals surface area contributed by atoms with Crippen molar-refractivity contribution in [1.29, 1.82) is 0 Å². The zero-order chi connectivity index (χ0) is 12.1. The van der Waals surface area contributed by atoms with Crippen molar-refractivity contribution in [3.05, 3.63) is 24.3 Å². The Morgan fingerprint density at radius 3 is 2.75 bits per heavy atom. The predicted molar refractivity (Wildman–Crippen MR) is 55.4 cm³/mol. The third kappa shape index (κ3) is 3.82. The summed E-state index contributed by atoms with van der Waals surface area (Å²) in [5.74, 6) is -0.410. The van der Waals surface area contributed by atoms with Crippen LogP contribution < -0.4 is 15.8 Å². The number of rotatable bonds is 4. The van der Waals surface area contributed by atoms with E-state index >= 15 is 0 Å². The fourth-order valence-corrected chi connectivity index (χ4v) is 1.01. The van der Waals surface area contributed by atoms with Gasteiger partial charge in [0.15, 0.2) is 0 Å². The van der Waals surface area contributed by atoms with Gasteiger partial charge in [-0.2, -0.15) is 8.78 Å². The number of amides is 1. The topological polar surface area (TPSA) is 64.4 Å². The average molecular weight is 230 g/mol. The number of nitrogens with two attached hydrogens (primary N) is 1. The van der Waals surface area contributed by atoms with Crippen molar-refractivity contribution in [2.75, 3.05) is 5.32 Å². The van der Waals surface area contributed by atoms with Gasteiger partial charge in [-0.3, -0.25) is 4.79 Å². The SMILES string of the molecule is C[C@@H](N)C(=O)Nc1cccc(OC(F)F)c1. The van der Waals surface area contributed by atoms with Crippen molar-refractivity contribution in [2.24, 2.45) is 5.73 Å². The molecule has 0 aliphatic heterocycles. The summed E-state index contributed by atoms with van der Waals surface area (Å²) in [5, 5.41) is 2.47. The molecule has 0 aromatic heterocycles. The second kappa shape index (κ2) is 5.41. The first-order chi connectivity index (χ1) is 7.49. The molecule has 1 atom stereocenters. The maximum atomic E-state index is 11.9. The molecule has 1 rings (SSSR count). The van der Waals surface area contributed by atoms with E-state index in [9.17, 15) is 13.6 Å². The molecule has 4 nitrogen and oxygen atoms in total. The van der Waals surface area contributed by atoms with Gasteiger partial charge in [0, 0.05) is 11.8 Å². The maximum Gasteiger partial charge on any atom is 0.387 e. The van der Waals surface area contributed by atoms with E-state index in [4.69, 9.17) is 5.73 Å². The number of nitrogens with one attached hydrogen (secondary N) is 1. The van der Waals surface area contributed by atoms with Crippen LogP contribution in [0.15, 0.2) is 24.3 Å². The third-order valence-corrected chi connectivity index (χ3v) is 1.74. The smallest absolute Gasteiger partial charge is 0.387 e. The minimum atomic E-state index is -2.89. The van der Waals surface area contributed by atoms with Gasteiger partial charge in [-0.15, -0.1) is 0 Å². The first-order valence-corrected chi connectivity index (χ1v) is 4.60. The summed E-state index contributed by atoms with van der Waals surface area (Å²) in [6.07, 6.45) is 0. The summed E-state index contributed by atoms with van der Waals surface area (Å²) in [6, 6.07) is 5.05. The standard InChI is InChI=1S/C10H12F2N2O2/c1-6(13)9(15)14-7-3-2-4-8(5-7)16-10(11)12/h2-6,10H,13H2,1H3,(H,14,15)/t6-/m1/s1. The van der Waals surface area contributed by atoms with E-state index in [0.29, 0.717) is 5.69 Å². The molecule has 16 heavy (non-hydrogen) atoms. The molecule has 0 spiro atoms. The summed E-state index contributed by atoms with van der Waals surface area (Å²) in [5.41, 5.74) is 5.70. The molecule has 0 unspecified atom stereocenters. The van der Waals surface area contributed by atoms with Crippen molar-refractivity contribution in [2.45, 2.75) is 19.6 Å².